The zero-order chi connectivity index (χ0) is 17.5. The second kappa shape index (κ2) is 8.73. The Hall–Kier alpha value is -2.02. The van der Waals surface area contributed by atoms with Crippen LogP contribution in [0.4, 0.5) is 8.78 Å². The monoisotopic (exact) mass is 340 g/mol. The molecule has 0 spiro atoms. The minimum Gasteiger partial charge on any atom is -0.469 e. The van der Waals surface area contributed by atoms with Crippen LogP contribution in [-0.4, -0.2) is 61.5 Å². The summed E-state index contributed by atoms with van der Waals surface area (Å²) in [5.74, 6) is -2.17. The molecule has 1 aliphatic heterocycles. The second-order valence-electron chi connectivity index (χ2n) is 5.79. The first-order valence-corrected chi connectivity index (χ1v) is 8.04. The van der Waals surface area contributed by atoms with Crippen LogP contribution in [0, 0.1) is 11.6 Å². The molecular weight excluding hydrogens is 318 g/mol. The number of carbonyl (C=O) groups is 2. The number of carbonyl (C=O) groups excluding carboxylic acids is 2. The molecule has 5 nitrogen and oxygen atoms in total. The minimum absolute atomic E-state index is 0.101. The van der Waals surface area contributed by atoms with Crippen molar-refractivity contribution in [3.8, 4) is 0 Å². The van der Waals surface area contributed by atoms with Gasteiger partial charge in [0.05, 0.1) is 12.7 Å². The first kappa shape index (κ1) is 18.3. The molecule has 0 bridgehead atoms. The van der Waals surface area contributed by atoms with Gasteiger partial charge in [-0.05, 0) is 38.1 Å². The summed E-state index contributed by atoms with van der Waals surface area (Å²) in [5, 5.41) is 0. The quantitative estimate of drug-likeness (QED) is 0.770. The lowest BCUT2D eigenvalue weighted by molar-refractivity contribution is -0.140. The van der Waals surface area contributed by atoms with Crippen molar-refractivity contribution in [2.24, 2.45) is 0 Å². The van der Waals surface area contributed by atoms with Gasteiger partial charge in [0.1, 0.15) is 11.6 Å². The van der Waals surface area contributed by atoms with Gasteiger partial charge in [-0.25, -0.2) is 8.78 Å². The third kappa shape index (κ3) is 4.99. The highest BCUT2D eigenvalue weighted by Gasteiger charge is 2.22. The van der Waals surface area contributed by atoms with Crippen LogP contribution >= 0.6 is 0 Å². The number of hydrogen-bond donors (Lipinski definition) is 0. The van der Waals surface area contributed by atoms with Crippen molar-refractivity contribution < 1.29 is 23.1 Å². The van der Waals surface area contributed by atoms with E-state index in [1.807, 2.05) is 0 Å². The van der Waals surface area contributed by atoms with Gasteiger partial charge >= 0.3 is 5.97 Å². The molecule has 0 aliphatic carbocycles. The lowest BCUT2D eigenvalue weighted by Crippen LogP contribution is -2.36. The van der Waals surface area contributed by atoms with E-state index in [1.165, 1.54) is 13.2 Å². The maximum absolute atomic E-state index is 13.8. The maximum Gasteiger partial charge on any atom is 0.305 e. The molecule has 2 rings (SSSR count). The fourth-order valence-electron chi connectivity index (χ4n) is 2.78. The van der Waals surface area contributed by atoms with E-state index in [9.17, 15) is 18.4 Å². The van der Waals surface area contributed by atoms with Gasteiger partial charge in [0.15, 0.2) is 0 Å². The van der Waals surface area contributed by atoms with Gasteiger partial charge in [0, 0.05) is 32.1 Å². The summed E-state index contributed by atoms with van der Waals surface area (Å²) in [5.41, 5.74) is -0.101. The van der Waals surface area contributed by atoms with E-state index in [1.54, 1.807) is 4.90 Å². The van der Waals surface area contributed by atoms with Crippen molar-refractivity contribution >= 4 is 11.9 Å². The average Bonchev–Trinajstić information content (AvgIpc) is 2.80. The molecule has 1 aromatic rings. The maximum atomic E-state index is 13.8. The number of rotatable bonds is 5. The third-order valence-corrected chi connectivity index (χ3v) is 4.12. The van der Waals surface area contributed by atoms with Crippen LogP contribution < -0.4 is 0 Å². The Morgan fingerprint density at radius 1 is 1.17 bits per heavy atom. The molecule has 132 valence electrons. The van der Waals surface area contributed by atoms with Crippen molar-refractivity contribution in [1.82, 2.24) is 9.80 Å². The Balaban J connectivity index is 1.88. The first-order chi connectivity index (χ1) is 11.5. The fraction of sp³-hybridized carbons (Fsp3) is 0.529. The summed E-state index contributed by atoms with van der Waals surface area (Å²) in [4.78, 5) is 27.3. The molecule has 1 amide bonds. The molecule has 24 heavy (non-hydrogen) atoms. The zero-order valence-electron chi connectivity index (χ0n) is 13.8. The Morgan fingerprint density at radius 2 is 1.96 bits per heavy atom. The number of esters is 1. The lowest BCUT2D eigenvalue weighted by Gasteiger charge is -2.22. The highest BCUT2D eigenvalue weighted by atomic mass is 19.1. The predicted octanol–water partition coefficient (Wildman–Crippen LogP) is 2.07. The van der Waals surface area contributed by atoms with Gasteiger partial charge in [-0.2, -0.15) is 0 Å². The molecule has 0 N–H and O–H groups in total. The molecule has 0 saturated carbocycles. The topological polar surface area (TPSA) is 49.9 Å². The van der Waals surface area contributed by atoms with Crippen LogP contribution in [0.25, 0.3) is 0 Å². The number of halogens is 2. The molecule has 1 saturated heterocycles. The molecule has 0 aromatic heterocycles. The summed E-state index contributed by atoms with van der Waals surface area (Å²) in [6, 6.07) is 3.00. The number of amides is 1. The van der Waals surface area contributed by atoms with Gasteiger partial charge in [0.2, 0.25) is 0 Å². The SMILES string of the molecule is COC(=O)CCCN1CCCN(C(=O)c2ccc(F)cc2F)CC1. The van der Waals surface area contributed by atoms with Gasteiger partial charge in [-0.15, -0.1) is 0 Å². The number of methoxy groups -OCH3 is 1. The van der Waals surface area contributed by atoms with Gasteiger partial charge in [-0.1, -0.05) is 0 Å². The third-order valence-electron chi connectivity index (χ3n) is 4.12. The Bertz CT molecular complexity index is 595. The first-order valence-electron chi connectivity index (χ1n) is 8.04. The normalized spacial score (nSPS) is 15.9. The molecule has 0 atom stereocenters. The van der Waals surface area contributed by atoms with Crippen LogP contribution in [-0.2, 0) is 9.53 Å². The Morgan fingerprint density at radius 3 is 2.67 bits per heavy atom. The number of nitrogens with zero attached hydrogens (tertiary/aromatic N) is 2. The molecule has 1 aromatic carbocycles. The Labute approximate surface area is 140 Å². The molecule has 1 heterocycles. The largest absolute Gasteiger partial charge is 0.469 e. The van der Waals surface area contributed by atoms with Crippen molar-refractivity contribution in [3.05, 3.63) is 35.4 Å². The molecule has 0 radical (unpaired) electrons. The standard InChI is InChI=1S/C17H22F2N2O3/c1-24-16(22)4-2-7-20-8-3-9-21(11-10-20)17(23)14-6-5-13(18)12-15(14)19/h5-6,12H,2-4,7-11H2,1H3. The molecule has 1 aliphatic rings. The van der Waals surface area contributed by atoms with Crippen molar-refractivity contribution in [2.75, 3.05) is 39.8 Å². The van der Waals surface area contributed by atoms with E-state index in [0.29, 0.717) is 32.5 Å². The van der Waals surface area contributed by atoms with Gasteiger partial charge in [0.25, 0.3) is 5.91 Å². The smallest absolute Gasteiger partial charge is 0.305 e. The van der Waals surface area contributed by atoms with E-state index in [0.717, 1.165) is 31.6 Å². The summed E-state index contributed by atoms with van der Waals surface area (Å²) in [7, 11) is 1.37. The number of benzene rings is 1. The summed E-state index contributed by atoms with van der Waals surface area (Å²) in [6.45, 7) is 3.24. The highest BCUT2D eigenvalue weighted by molar-refractivity contribution is 5.94. The zero-order valence-corrected chi connectivity index (χ0v) is 13.8. The molecule has 0 unspecified atom stereocenters. The van der Waals surface area contributed by atoms with Crippen molar-refractivity contribution in [3.63, 3.8) is 0 Å². The summed E-state index contributed by atoms with van der Waals surface area (Å²) in [6.07, 6.45) is 1.84. The second-order valence-corrected chi connectivity index (χ2v) is 5.79. The van der Waals surface area contributed by atoms with E-state index in [2.05, 4.69) is 9.64 Å². The molecule has 1 fully saturated rings. The lowest BCUT2D eigenvalue weighted by atomic mass is 10.1. The van der Waals surface area contributed by atoms with E-state index in [-0.39, 0.29) is 11.5 Å². The molecule has 7 heteroatoms. The van der Waals surface area contributed by atoms with Crippen LogP contribution in [0.5, 0.6) is 0 Å². The van der Waals surface area contributed by atoms with Crippen LogP contribution in [0.2, 0.25) is 0 Å². The van der Waals surface area contributed by atoms with Gasteiger partial charge in [-0.3, -0.25) is 9.59 Å². The number of ether oxygens (including phenoxy) is 1. The van der Waals surface area contributed by atoms with Gasteiger partial charge < -0.3 is 14.5 Å². The predicted molar refractivity (Wildman–Crippen MR) is 84.6 cm³/mol. The summed E-state index contributed by atoms with van der Waals surface area (Å²) < 4.78 is 31.3. The fourth-order valence-corrected chi connectivity index (χ4v) is 2.78. The Kier molecular flexibility index (Phi) is 6.66. The van der Waals surface area contributed by atoms with Crippen LogP contribution in [0.15, 0.2) is 18.2 Å². The number of hydrogen-bond acceptors (Lipinski definition) is 4. The highest BCUT2D eigenvalue weighted by Crippen LogP contribution is 2.14. The van der Waals surface area contributed by atoms with E-state index < -0.39 is 17.5 Å². The average molecular weight is 340 g/mol. The minimum atomic E-state index is -0.834. The van der Waals surface area contributed by atoms with E-state index in [4.69, 9.17) is 0 Å². The molecular formula is C17H22F2N2O3. The summed E-state index contributed by atoms with van der Waals surface area (Å²) >= 11 is 0. The van der Waals surface area contributed by atoms with Crippen LogP contribution in [0.3, 0.4) is 0 Å². The van der Waals surface area contributed by atoms with E-state index >= 15 is 0 Å². The van der Waals surface area contributed by atoms with Crippen molar-refractivity contribution in [1.29, 1.82) is 0 Å². The van der Waals surface area contributed by atoms with Crippen LogP contribution in [0.1, 0.15) is 29.6 Å². The van der Waals surface area contributed by atoms with Crippen molar-refractivity contribution in [2.45, 2.75) is 19.3 Å².